The van der Waals surface area contributed by atoms with E-state index >= 15 is 0 Å². The first kappa shape index (κ1) is 13.0. The molecule has 18 heavy (non-hydrogen) atoms. The summed E-state index contributed by atoms with van der Waals surface area (Å²) in [7, 11) is 1.75. The highest BCUT2D eigenvalue weighted by Crippen LogP contribution is 2.30. The Morgan fingerprint density at radius 1 is 1.44 bits per heavy atom. The third kappa shape index (κ3) is 2.88. The van der Waals surface area contributed by atoms with Gasteiger partial charge in [0.1, 0.15) is 18.1 Å². The van der Waals surface area contributed by atoms with Crippen molar-refractivity contribution in [1.29, 1.82) is 0 Å². The number of ether oxygens (including phenoxy) is 2. The maximum atomic E-state index is 12.0. The Balaban J connectivity index is 2.22. The van der Waals surface area contributed by atoms with Crippen LogP contribution in [0.4, 0.5) is 0 Å². The summed E-state index contributed by atoms with van der Waals surface area (Å²) in [6.45, 7) is 0.357. The Labute approximate surface area is 110 Å². The first-order chi connectivity index (χ1) is 8.60. The Morgan fingerprint density at radius 2 is 2.22 bits per heavy atom. The molecule has 0 saturated heterocycles. The van der Waals surface area contributed by atoms with Crippen molar-refractivity contribution in [3.05, 3.63) is 29.3 Å². The van der Waals surface area contributed by atoms with Crippen LogP contribution in [-0.2, 0) is 15.7 Å². The summed E-state index contributed by atoms with van der Waals surface area (Å²) in [5.74, 6) is 2.32. The molecule has 1 aliphatic heterocycles. The lowest BCUT2D eigenvalue weighted by atomic mass is 10.1. The molecule has 96 valence electrons. The summed E-state index contributed by atoms with van der Waals surface area (Å²) in [5, 5.41) is 0. The topological polar surface area (TPSA) is 35.5 Å². The first-order valence-electron chi connectivity index (χ1n) is 5.69. The van der Waals surface area contributed by atoms with Gasteiger partial charge in [-0.3, -0.25) is 4.79 Å². The predicted molar refractivity (Wildman–Crippen MR) is 75.6 cm³/mol. The van der Waals surface area contributed by atoms with Gasteiger partial charge in [0.2, 0.25) is 5.78 Å². The molecule has 1 heterocycles. The van der Waals surface area contributed by atoms with Crippen molar-refractivity contribution in [2.75, 3.05) is 32.0 Å². The number of fused-ring (bicyclic) bond motifs is 1. The van der Waals surface area contributed by atoms with Crippen molar-refractivity contribution in [2.45, 2.75) is 0 Å². The highest BCUT2D eigenvalue weighted by Gasteiger charge is 2.21. The Morgan fingerprint density at radius 3 is 2.89 bits per heavy atom. The second-order valence-corrected chi connectivity index (χ2v) is 6.67. The Bertz CT molecular complexity index is 492. The molecule has 0 N–H and O–H groups in total. The van der Waals surface area contributed by atoms with E-state index in [2.05, 4.69) is 12.5 Å². The fourth-order valence-corrected chi connectivity index (χ4v) is 2.50. The quantitative estimate of drug-likeness (QED) is 0.780. The summed E-state index contributed by atoms with van der Waals surface area (Å²) < 4.78 is 10.8. The molecule has 0 aliphatic carbocycles. The van der Waals surface area contributed by atoms with Gasteiger partial charge in [-0.2, -0.15) is 0 Å². The van der Waals surface area contributed by atoms with Crippen LogP contribution in [0.25, 0.3) is 6.08 Å². The van der Waals surface area contributed by atoms with E-state index in [9.17, 15) is 4.79 Å². The van der Waals surface area contributed by atoms with Crippen LogP contribution in [0.1, 0.15) is 5.56 Å². The van der Waals surface area contributed by atoms with E-state index in [-0.39, 0.29) is 16.7 Å². The van der Waals surface area contributed by atoms with E-state index in [4.69, 9.17) is 9.47 Å². The highest BCUT2D eigenvalue weighted by atomic mass is 32.2. The standard InChI is InChI=1S/C14H17O3S/c1-16-12-5-4-10-6-11(8-17-14(10)7-12)13(15)9-18(2)3/h4-7H,8-9H2,1-3H3/q+1. The molecule has 1 aromatic rings. The average Bonchev–Trinajstić information content (AvgIpc) is 2.36. The van der Waals surface area contributed by atoms with E-state index in [1.54, 1.807) is 7.11 Å². The lowest BCUT2D eigenvalue weighted by molar-refractivity contribution is -0.113. The fourth-order valence-electron chi connectivity index (χ4n) is 1.79. The molecule has 0 fully saturated rings. The molecular formula is C14H17O3S+. The molecule has 3 nitrogen and oxygen atoms in total. The van der Waals surface area contributed by atoms with Gasteiger partial charge in [-0.15, -0.1) is 0 Å². The molecule has 0 atom stereocenters. The van der Waals surface area contributed by atoms with E-state index in [0.717, 1.165) is 22.6 Å². The van der Waals surface area contributed by atoms with Crippen molar-refractivity contribution in [3.63, 3.8) is 0 Å². The number of hydrogen-bond acceptors (Lipinski definition) is 3. The molecule has 2 rings (SSSR count). The number of carbonyl (C=O) groups is 1. The van der Waals surface area contributed by atoms with Crippen LogP contribution in [0.3, 0.4) is 0 Å². The molecule has 1 aliphatic rings. The molecular weight excluding hydrogens is 248 g/mol. The van der Waals surface area contributed by atoms with E-state index in [1.807, 2.05) is 24.3 Å². The monoisotopic (exact) mass is 265 g/mol. The zero-order valence-electron chi connectivity index (χ0n) is 10.9. The van der Waals surface area contributed by atoms with Crippen molar-refractivity contribution in [2.24, 2.45) is 0 Å². The van der Waals surface area contributed by atoms with E-state index < -0.39 is 0 Å². The molecule has 0 aromatic heterocycles. The number of benzene rings is 1. The summed E-state index contributed by atoms with van der Waals surface area (Å²) in [6.07, 6.45) is 6.06. The summed E-state index contributed by atoms with van der Waals surface area (Å²) >= 11 is 0. The summed E-state index contributed by atoms with van der Waals surface area (Å²) in [6, 6.07) is 5.63. The molecule has 0 radical (unpaired) electrons. The van der Waals surface area contributed by atoms with Gasteiger partial charge in [-0.1, -0.05) is 0 Å². The molecule has 0 amide bonds. The summed E-state index contributed by atoms with van der Waals surface area (Å²) in [5.41, 5.74) is 1.70. The number of ketones is 1. The molecule has 0 bridgehead atoms. The molecule has 4 heteroatoms. The van der Waals surface area contributed by atoms with E-state index in [1.165, 1.54) is 0 Å². The maximum Gasteiger partial charge on any atom is 0.211 e. The maximum absolute atomic E-state index is 12.0. The van der Waals surface area contributed by atoms with Crippen LogP contribution >= 0.6 is 0 Å². The highest BCUT2D eigenvalue weighted by molar-refractivity contribution is 7.96. The summed E-state index contributed by atoms with van der Waals surface area (Å²) in [4.78, 5) is 12.0. The smallest absolute Gasteiger partial charge is 0.211 e. The van der Waals surface area contributed by atoms with Crippen LogP contribution in [0.15, 0.2) is 23.8 Å². The second-order valence-electron chi connectivity index (χ2n) is 4.42. The minimum atomic E-state index is 0.124. The molecule has 0 saturated carbocycles. The lowest BCUT2D eigenvalue weighted by Gasteiger charge is -2.17. The second kappa shape index (κ2) is 5.48. The van der Waals surface area contributed by atoms with Crippen LogP contribution in [0, 0.1) is 0 Å². The number of methoxy groups -OCH3 is 1. The largest absolute Gasteiger partial charge is 0.497 e. The average molecular weight is 265 g/mol. The van der Waals surface area contributed by atoms with Gasteiger partial charge in [-0.05, 0) is 29.1 Å². The van der Waals surface area contributed by atoms with Gasteiger partial charge in [0, 0.05) is 17.2 Å². The van der Waals surface area contributed by atoms with Gasteiger partial charge >= 0.3 is 0 Å². The van der Waals surface area contributed by atoms with Gasteiger partial charge in [0.25, 0.3) is 0 Å². The van der Waals surface area contributed by atoms with Crippen molar-refractivity contribution in [3.8, 4) is 11.5 Å². The predicted octanol–water partition coefficient (Wildman–Crippen LogP) is 1.92. The molecule has 0 unspecified atom stereocenters. The van der Waals surface area contributed by atoms with Gasteiger partial charge in [-0.25, -0.2) is 0 Å². The van der Waals surface area contributed by atoms with Crippen molar-refractivity contribution < 1.29 is 14.3 Å². The minimum absolute atomic E-state index is 0.124. The van der Waals surface area contributed by atoms with Crippen LogP contribution in [0.2, 0.25) is 0 Å². The Hall–Kier alpha value is -1.42. The Kier molecular flexibility index (Phi) is 3.97. The molecule has 1 aromatic carbocycles. The van der Waals surface area contributed by atoms with E-state index in [0.29, 0.717) is 12.4 Å². The third-order valence-corrected chi connectivity index (χ3v) is 3.55. The van der Waals surface area contributed by atoms with Crippen LogP contribution in [-0.4, -0.2) is 37.8 Å². The van der Waals surface area contributed by atoms with Gasteiger partial charge in [0.05, 0.1) is 19.6 Å². The van der Waals surface area contributed by atoms with Crippen molar-refractivity contribution in [1.82, 2.24) is 0 Å². The van der Waals surface area contributed by atoms with Gasteiger partial charge < -0.3 is 9.47 Å². The normalized spacial score (nSPS) is 13.7. The van der Waals surface area contributed by atoms with Crippen LogP contribution in [0.5, 0.6) is 11.5 Å². The number of Topliss-reactive ketones (excluding diaryl/α,β-unsaturated/α-hetero) is 1. The minimum Gasteiger partial charge on any atom is -0.497 e. The lowest BCUT2D eigenvalue weighted by Crippen LogP contribution is -2.21. The van der Waals surface area contributed by atoms with Crippen LogP contribution < -0.4 is 9.47 Å². The number of rotatable bonds is 4. The number of carbonyl (C=O) groups excluding carboxylic acids is 1. The zero-order chi connectivity index (χ0) is 13.1. The SMILES string of the molecule is COc1ccc2c(c1)OCC(C(=O)C[S+](C)C)=C2. The van der Waals surface area contributed by atoms with Gasteiger partial charge in [0.15, 0.2) is 5.75 Å². The first-order valence-corrected chi connectivity index (χ1v) is 7.90. The fraction of sp³-hybridized carbons (Fsp3) is 0.357. The third-order valence-electron chi connectivity index (χ3n) is 2.71. The molecule has 0 spiro atoms. The zero-order valence-corrected chi connectivity index (χ0v) is 11.7. The number of hydrogen-bond donors (Lipinski definition) is 0. The van der Waals surface area contributed by atoms with Crippen molar-refractivity contribution >= 4 is 22.8 Å².